The van der Waals surface area contributed by atoms with Crippen LogP contribution in [0.25, 0.3) is 23.2 Å². The SMILES string of the molecule is Fc1ccc(/C=C\c2nc3ccccc3nc2Sc2ccccc2)cc1. The summed E-state index contributed by atoms with van der Waals surface area (Å²) >= 11 is 1.58. The van der Waals surface area contributed by atoms with E-state index < -0.39 is 0 Å². The van der Waals surface area contributed by atoms with Crippen LogP contribution in [-0.4, -0.2) is 9.97 Å². The van der Waals surface area contributed by atoms with Gasteiger partial charge in [0.2, 0.25) is 0 Å². The first-order chi connectivity index (χ1) is 12.8. The zero-order valence-corrected chi connectivity index (χ0v) is 14.7. The summed E-state index contributed by atoms with van der Waals surface area (Å²) in [6.45, 7) is 0. The number of hydrogen-bond acceptors (Lipinski definition) is 3. The first kappa shape index (κ1) is 16.5. The van der Waals surface area contributed by atoms with Gasteiger partial charge in [-0.15, -0.1) is 0 Å². The number of nitrogens with zero attached hydrogens (tertiary/aromatic N) is 2. The van der Waals surface area contributed by atoms with Crippen LogP contribution in [0.4, 0.5) is 4.39 Å². The van der Waals surface area contributed by atoms with E-state index in [2.05, 4.69) is 12.1 Å². The molecule has 4 rings (SSSR count). The lowest BCUT2D eigenvalue weighted by Crippen LogP contribution is -1.93. The lowest BCUT2D eigenvalue weighted by molar-refractivity contribution is 0.628. The Kier molecular flexibility index (Phi) is 4.75. The summed E-state index contributed by atoms with van der Waals surface area (Å²) in [4.78, 5) is 10.7. The molecule has 0 aliphatic rings. The van der Waals surface area contributed by atoms with Crippen molar-refractivity contribution >= 4 is 34.9 Å². The third kappa shape index (κ3) is 3.81. The van der Waals surface area contributed by atoms with E-state index in [0.29, 0.717) is 0 Å². The second-order valence-electron chi connectivity index (χ2n) is 5.70. The average molecular weight is 358 g/mol. The first-order valence-corrected chi connectivity index (χ1v) is 9.03. The molecule has 126 valence electrons. The summed E-state index contributed by atoms with van der Waals surface area (Å²) in [5.41, 5.74) is 3.42. The zero-order chi connectivity index (χ0) is 17.8. The lowest BCUT2D eigenvalue weighted by atomic mass is 10.2. The highest BCUT2D eigenvalue weighted by Crippen LogP contribution is 2.30. The van der Waals surface area contributed by atoms with Gasteiger partial charge >= 0.3 is 0 Å². The van der Waals surface area contributed by atoms with Crippen LogP contribution >= 0.6 is 11.8 Å². The molecule has 0 radical (unpaired) electrons. The Morgan fingerprint density at radius 2 is 1.35 bits per heavy atom. The Morgan fingerprint density at radius 1 is 0.692 bits per heavy atom. The van der Waals surface area contributed by atoms with Crippen molar-refractivity contribution in [2.75, 3.05) is 0 Å². The van der Waals surface area contributed by atoms with Crippen molar-refractivity contribution in [1.82, 2.24) is 9.97 Å². The normalized spacial score (nSPS) is 11.3. The molecule has 0 spiro atoms. The first-order valence-electron chi connectivity index (χ1n) is 8.21. The van der Waals surface area contributed by atoms with Crippen molar-refractivity contribution in [2.45, 2.75) is 9.92 Å². The van der Waals surface area contributed by atoms with Crippen LogP contribution < -0.4 is 0 Å². The molecule has 0 unspecified atom stereocenters. The molecule has 4 heteroatoms. The number of halogens is 1. The molecule has 0 aliphatic heterocycles. The summed E-state index contributed by atoms with van der Waals surface area (Å²) < 4.78 is 13.1. The predicted molar refractivity (Wildman–Crippen MR) is 105 cm³/mol. The molecular weight excluding hydrogens is 343 g/mol. The number of fused-ring (bicyclic) bond motifs is 1. The topological polar surface area (TPSA) is 25.8 Å². The Morgan fingerprint density at radius 3 is 2.08 bits per heavy atom. The van der Waals surface area contributed by atoms with E-state index >= 15 is 0 Å². The molecule has 4 aromatic rings. The molecule has 0 saturated carbocycles. The molecule has 0 saturated heterocycles. The lowest BCUT2D eigenvalue weighted by Gasteiger charge is -2.07. The average Bonchev–Trinajstić information content (AvgIpc) is 2.68. The van der Waals surface area contributed by atoms with E-state index in [1.807, 2.05) is 54.6 Å². The van der Waals surface area contributed by atoms with Crippen LogP contribution in [0, 0.1) is 5.82 Å². The number of rotatable bonds is 4. The van der Waals surface area contributed by atoms with E-state index in [1.54, 1.807) is 23.9 Å². The highest BCUT2D eigenvalue weighted by atomic mass is 32.2. The molecule has 2 nitrogen and oxygen atoms in total. The van der Waals surface area contributed by atoms with Crippen molar-refractivity contribution in [3.05, 3.63) is 95.9 Å². The van der Waals surface area contributed by atoms with E-state index in [9.17, 15) is 4.39 Å². The molecule has 0 amide bonds. The van der Waals surface area contributed by atoms with E-state index in [4.69, 9.17) is 9.97 Å². The molecule has 0 N–H and O–H groups in total. The van der Waals surface area contributed by atoms with Gasteiger partial charge in [0.15, 0.2) is 0 Å². The van der Waals surface area contributed by atoms with Crippen LogP contribution in [0.3, 0.4) is 0 Å². The van der Waals surface area contributed by atoms with Crippen LogP contribution in [0.5, 0.6) is 0 Å². The highest BCUT2D eigenvalue weighted by Gasteiger charge is 2.08. The van der Waals surface area contributed by atoms with Gasteiger partial charge in [-0.3, -0.25) is 0 Å². The smallest absolute Gasteiger partial charge is 0.127 e. The van der Waals surface area contributed by atoms with Gasteiger partial charge in [0.05, 0.1) is 16.7 Å². The fraction of sp³-hybridized carbons (Fsp3) is 0. The minimum Gasteiger partial charge on any atom is -0.244 e. The maximum Gasteiger partial charge on any atom is 0.127 e. The fourth-order valence-electron chi connectivity index (χ4n) is 2.53. The summed E-state index contributed by atoms with van der Waals surface area (Å²) in [5.74, 6) is -0.243. The van der Waals surface area contributed by atoms with Gasteiger partial charge < -0.3 is 0 Å². The standard InChI is InChI=1S/C22H15FN2S/c23-17-13-10-16(11-14-17)12-15-21-22(26-18-6-2-1-3-7-18)25-20-9-5-4-8-19(20)24-21/h1-15H/b15-12-. The molecule has 3 aromatic carbocycles. The van der Waals surface area contributed by atoms with E-state index in [-0.39, 0.29) is 5.82 Å². The molecule has 1 heterocycles. The van der Waals surface area contributed by atoms with Gasteiger partial charge in [0.1, 0.15) is 10.8 Å². The number of hydrogen-bond donors (Lipinski definition) is 0. The maximum atomic E-state index is 13.1. The third-order valence-electron chi connectivity index (χ3n) is 3.83. The third-order valence-corrected chi connectivity index (χ3v) is 4.83. The molecule has 0 fully saturated rings. The number of para-hydroxylation sites is 2. The Hall–Kier alpha value is -2.98. The number of benzene rings is 3. The highest BCUT2D eigenvalue weighted by molar-refractivity contribution is 7.99. The van der Waals surface area contributed by atoms with Crippen molar-refractivity contribution in [3.8, 4) is 0 Å². The maximum absolute atomic E-state index is 13.1. The summed E-state index contributed by atoms with van der Waals surface area (Å²) in [7, 11) is 0. The second kappa shape index (κ2) is 7.50. The van der Waals surface area contributed by atoms with Crippen molar-refractivity contribution < 1.29 is 4.39 Å². The van der Waals surface area contributed by atoms with E-state index in [0.717, 1.165) is 32.2 Å². The van der Waals surface area contributed by atoms with Crippen LogP contribution in [0.2, 0.25) is 0 Å². The van der Waals surface area contributed by atoms with Gasteiger partial charge in [0.25, 0.3) is 0 Å². The summed E-state index contributed by atoms with van der Waals surface area (Å²) in [6, 6.07) is 24.3. The Balaban J connectivity index is 1.75. The van der Waals surface area contributed by atoms with Gasteiger partial charge in [0, 0.05) is 4.90 Å². The second-order valence-corrected chi connectivity index (χ2v) is 6.76. The molecule has 0 atom stereocenters. The Bertz CT molecular complexity index is 1060. The molecule has 26 heavy (non-hydrogen) atoms. The summed E-state index contributed by atoms with van der Waals surface area (Å²) in [6.07, 6.45) is 3.85. The fourth-order valence-corrected chi connectivity index (χ4v) is 3.41. The molecule has 0 bridgehead atoms. The van der Waals surface area contributed by atoms with Crippen LogP contribution in [0.15, 0.2) is 88.8 Å². The largest absolute Gasteiger partial charge is 0.244 e. The van der Waals surface area contributed by atoms with Gasteiger partial charge in [-0.05, 0) is 48.0 Å². The van der Waals surface area contributed by atoms with Gasteiger partial charge in [-0.2, -0.15) is 0 Å². The minimum absolute atomic E-state index is 0.243. The zero-order valence-electron chi connectivity index (χ0n) is 13.8. The van der Waals surface area contributed by atoms with Gasteiger partial charge in [-0.1, -0.05) is 60.3 Å². The molecular formula is C22H15FN2S. The molecule has 1 aromatic heterocycles. The minimum atomic E-state index is -0.243. The van der Waals surface area contributed by atoms with Crippen molar-refractivity contribution in [1.29, 1.82) is 0 Å². The van der Waals surface area contributed by atoms with E-state index in [1.165, 1.54) is 12.1 Å². The monoisotopic (exact) mass is 358 g/mol. The van der Waals surface area contributed by atoms with Crippen LogP contribution in [-0.2, 0) is 0 Å². The molecule has 0 aliphatic carbocycles. The van der Waals surface area contributed by atoms with Crippen LogP contribution in [0.1, 0.15) is 11.3 Å². The summed E-state index contributed by atoms with van der Waals surface area (Å²) in [5, 5.41) is 0.841. The number of aromatic nitrogens is 2. The van der Waals surface area contributed by atoms with Crippen molar-refractivity contribution in [2.24, 2.45) is 0 Å². The quantitative estimate of drug-likeness (QED) is 0.441. The predicted octanol–water partition coefficient (Wildman–Crippen LogP) is 6.09. The van der Waals surface area contributed by atoms with Gasteiger partial charge in [-0.25, -0.2) is 14.4 Å². The van der Waals surface area contributed by atoms with Crippen molar-refractivity contribution in [3.63, 3.8) is 0 Å². The Labute approximate surface area is 155 Å².